The van der Waals surface area contributed by atoms with Crippen LogP contribution in [0.25, 0.3) is 0 Å². The highest BCUT2D eigenvalue weighted by molar-refractivity contribution is 5.01. The van der Waals surface area contributed by atoms with Crippen molar-refractivity contribution in [3.8, 4) is 0 Å². The van der Waals surface area contributed by atoms with Crippen molar-refractivity contribution >= 4 is 0 Å². The summed E-state index contributed by atoms with van der Waals surface area (Å²) >= 11 is 0. The predicted octanol–water partition coefficient (Wildman–Crippen LogP) is 0.364. The van der Waals surface area contributed by atoms with Crippen LogP contribution < -0.4 is 16.6 Å². The Morgan fingerprint density at radius 2 is 1.89 bits per heavy atom. The zero-order chi connectivity index (χ0) is 13.1. The smallest absolute Gasteiger partial charge is 0.311 e. The van der Waals surface area contributed by atoms with Crippen molar-refractivity contribution in [1.82, 2.24) is 14.5 Å². The number of hydrogen-bond acceptors (Lipinski definition) is 3. The van der Waals surface area contributed by atoms with Crippen LogP contribution in [0.2, 0.25) is 0 Å². The van der Waals surface area contributed by atoms with Gasteiger partial charge in [-0.1, -0.05) is 12.8 Å². The molecule has 0 radical (unpaired) electrons. The molecule has 1 heterocycles. The lowest BCUT2D eigenvalue weighted by atomic mass is 10.1. The van der Waals surface area contributed by atoms with Gasteiger partial charge in [-0.05, 0) is 25.3 Å². The van der Waals surface area contributed by atoms with Crippen LogP contribution in [-0.4, -0.2) is 15.7 Å². The lowest BCUT2D eigenvalue weighted by molar-refractivity contribution is 0.479. The second-order valence-corrected chi connectivity index (χ2v) is 5.16. The van der Waals surface area contributed by atoms with Crippen molar-refractivity contribution in [2.24, 2.45) is 20.0 Å². The maximum Gasteiger partial charge on any atom is 0.330 e. The lowest BCUT2D eigenvalue weighted by Crippen LogP contribution is -2.39. The fourth-order valence-electron chi connectivity index (χ4n) is 2.57. The molecule has 0 amide bonds. The molecule has 2 rings (SSSR count). The Bertz CT molecular complexity index is 524. The summed E-state index contributed by atoms with van der Waals surface area (Å²) in [5, 5.41) is 3.35. The molecule has 1 aromatic heterocycles. The Labute approximate surface area is 106 Å². The maximum atomic E-state index is 11.7. The first-order valence-corrected chi connectivity index (χ1v) is 6.56. The first-order valence-electron chi connectivity index (χ1n) is 6.56. The molecule has 0 bridgehead atoms. The summed E-state index contributed by atoms with van der Waals surface area (Å²) in [6, 6.07) is 1.53. The molecule has 0 saturated heterocycles. The third-order valence-corrected chi connectivity index (χ3v) is 3.84. The Hall–Kier alpha value is -1.36. The molecule has 1 aliphatic rings. The molecule has 0 atom stereocenters. The average molecular weight is 251 g/mol. The molecule has 1 fully saturated rings. The minimum Gasteiger partial charge on any atom is -0.311 e. The summed E-state index contributed by atoms with van der Waals surface area (Å²) in [4.78, 5) is 23.3. The van der Waals surface area contributed by atoms with Gasteiger partial charge in [-0.25, -0.2) is 4.79 Å². The number of nitrogens with zero attached hydrogens (tertiary/aromatic N) is 2. The van der Waals surface area contributed by atoms with Gasteiger partial charge in [0.05, 0.1) is 0 Å². The van der Waals surface area contributed by atoms with Crippen molar-refractivity contribution < 1.29 is 0 Å². The van der Waals surface area contributed by atoms with E-state index < -0.39 is 0 Å². The first-order chi connectivity index (χ1) is 8.59. The molecule has 1 saturated carbocycles. The summed E-state index contributed by atoms with van der Waals surface area (Å²) in [5.74, 6) is 0.758. The molecule has 18 heavy (non-hydrogen) atoms. The molecule has 1 aliphatic carbocycles. The van der Waals surface area contributed by atoms with Crippen LogP contribution in [0.5, 0.6) is 0 Å². The summed E-state index contributed by atoms with van der Waals surface area (Å²) < 4.78 is 2.66. The van der Waals surface area contributed by atoms with E-state index in [1.54, 1.807) is 7.05 Å². The van der Waals surface area contributed by atoms with E-state index in [4.69, 9.17) is 0 Å². The van der Waals surface area contributed by atoms with Crippen molar-refractivity contribution in [3.63, 3.8) is 0 Å². The van der Waals surface area contributed by atoms with E-state index in [2.05, 4.69) is 5.32 Å². The maximum absolute atomic E-state index is 11.7. The van der Waals surface area contributed by atoms with Crippen molar-refractivity contribution in [2.75, 3.05) is 6.54 Å². The largest absolute Gasteiger partial charge is 0.330 e. The van der Waals surface area contributed by atoms with E-state index in [1.165, 1.54) is 43.4 Å². The fourth-order valence-corrected chi connectivity index (χ4v) is 2.57. The van der Waals surface area contributed by atoms with Gasteiger partial charge >= 0.3 is 5.69 Å². The monoisotopic (exact) mass is 251 g/mol. The van der Waals surface area contributed by atoms with E-state index in [-0.39, 0.29) is 11.2 Å². The van der Waals surface area contributed by atoms with Crippen LogP contribution >= 0.6 is 0 Å². The quantitative estimate of drug-likeness (QED) is 0.841. The van der Waals surface area contributed by atoms with Gasteiger partial charge in [-0.15, -0.1) is 0 Å². The molecule has 5 nitrogen and oxygen atoms in total. The lowest BCUT2D eigenvalue weighted by Gasteiger charge is -2.13. The Balaban J connectivity index is 2.01. The van der Waals surface area contributed by atoms with E-state index in [9.17, 15) is 9.59 Å². The highest BCUT2D eigenvalue weighted by Crippen LogP contribution is 2.23. The fraction of sp³-hybridized carbons (Fsp3) is 0.692. The SMILES string of the molecule is Cn1c(CNCC2CCCC2)cc(=O)n(C)c1=O. The second-order valence-electron chi connectivity index (χ2n) is 5.16. The van der Waals surface area contributed by atoms with E-state index in [0.717, 1.165) is 22.7 Å². The van der Waals surface area contributed by atoms with Crippen molar-refractivity contribution in [1.29, 1.82) is 0 Å². The van der Waals surface area contributed by atoms with Crippen molar-refractivity contribution in [2.45, 2.75) is 32.2 Å². The summed E-state index contributed by atoms with van der Waals surface area (Å²) in [6.07, 6.45) is 5.25. The minimum atomic E-state index is -0.264. The van der Waals surface area contributed by atoms with Crippen LogP contribution in [0.1, 0.15) is 31.4 Å². The third kappa shape index (κ3) is 2.72. The van der Waals surface area contributed by atoms with Crippen molar-refractivity contribution in [3.05, 3.63) is 32.6 Å². The normalized spacial score (nSPS) is 16.3. The van der Waals surface area contributed by atoms with Crippen LogP contribution in [-0.2, 0) is 20.6 Å². The van der Waals surface area contributed by atoms with Gasteiger partial charge in [0.2, 0.25) is 0 Å². The average Bonchev–Trinajstić information content (AvgIpc) is 2.86. The topological polar surface area (TPSA) is 56.0 Å². The van der Waals surface area contributed by atoms with Gasteiger partial charge in [0.15, 0.2) is 0 Å². The van der Waals surface area contributed by atoms with Crippen LogP contribution in [0.4, 0.5) is 0 Å². The van der Waals surface area contributed by atoms with Gasteiger partial charge in [0.25, 0.3) is 5.56 Å². The molecule has 0 spiro atoms. The molecule has 0 aromatic carbocycles. The predicted molar refractivity (Wildman–Crippen MR) is 70.6 cm³/mol. The van der Waals surface area contributed by atoms with Crippen LogP contribution in [0, 0.1) is 5.92 Å². The third-order valence-electron chi connectivity index (χ3n) is 3.84. The Morgan fingerprint density at radius 1 is 1.22 bits per heavy atom. The number of hydrogen-bond donors (Lipinski definition) is 1. The Morgan fingerprint density at radius 3 is 2.56 bits per heavy atom. The van der Waals surface area contributed by atoms with Gasteiger partial charge in [0, 0.05) is 32.4 Å². The first kappa shape index (κ1) is 13.1. The molecule has 1 aromatic rings. The highest BCUT2D eigenvalue weighted by atomic mass is 16.2. The molecule has 5 heteroatoms. The Kier molecular flexibility index (Phi) is 4.01. The summed E-state index contributed by atoms with van der Waals surface area (Å²) in [5.41, 5.74) is 0.247. The minimum absolute atomic E-state index is 0.240. The van der Waals surface area contributed by atoms with E-state index in [0.29, 0.717) is 6.54 Å². The zero-order valence-electron chi connectivity index (χ0n) is 11.1. The second kappa shape index (κ2) is 5.52. The number of nitrogens with one attached hydrogen (secondary N) is 1. The summed E-state index contributed by atoms with van der Waals surface area (Å²) in [7, 11) is 3.20. The van der Waals surface area contributed by atoms with E-state index in [1.807, 2.05) is 0 Å². The molecular weight excluding hydrogens is 230 g/mol. The zero-order valence-corrected chi connectivity index (χ0v) is 11.1. The molecule has 1 N–H and O–H groups in total. The van der Waals surface area contributed by atoms with Gasteiger partial charge < -0.3 is 5.32 Å². The summed E-state index contributed by atoms with van der Waals surface area (Å²) in [6.45, 7) is 1.56. The molecule has 0 aliphatic heterocycles. The van der Waals surface area contributed by atoms with E-state index >= 15 is 0 Å². The molecular formula is C13H21N3O2. The van der Waals surface area contributed by atoms with Crippen LogP contribution in [0.3, 0.4) is 0 Å². The molecule has 100 valence electrons. The standard InChI is InChI=1S/C13H21N3O2/c1-15-11(7-12(17)16(2)13(15)18)9-14-8-10-5-3-4-6-10/h7,10,14H,3-6,8-9H2,1-2H3. The number of aromatic nitrogens is 2. The van der Waals surface area contributed by atoms with Gasteiger partial charge in [-0.3, -0.25) is 13.9 Å². The highest BCUT2D eigenvalue weighted by Gasteiger charge is 2.14. The van der Waals surface area contributed by atoms with Gasteiger partial charge in [-0.2, -0.15) is 0 Å². The number of rotatable bonds is 4. The van der Waals surface area contributed by atoms with Crippen LogP contribution in [0.15, 0.2) is 15.7 Å². The molecule has 0 unspecified atom stereocenters. The van der Waals surface area contributed by atoms with Gasteiger partial charge in [0.1, 0.15) is 0 Å².